The number of methoxy groups -OCH3 is 1. The minimum Gasteiger partial charge on any atom is -0.375 e. The van der Waals surface area contributed by atoms with Crippen LogP contribution in [0.15, 0.2) is 12.2 Å². The maximum absolute atomic E-state index is 6.00. The molecule has 1 saturated heterocycles. The van der Waals surface area contributed by atoms with Crippen molar-refractivity contribution in [2.75, 3.05) is 7.11 Å². The molecule has 0 amide bonds. The van der Waals surface area contributed by atoms with Crippen LogP contribution in [0.25, 0.3) is 0 Å². The van der Waals surface area contributed by atoms with Crippen LogP contribution in [0.2, 0.25) is 0 Å². The van der Waals surface area contributed by atoms with Gasteiger partial charge < -0.3 is 14.2 Å². The molecule has 0 spiro atoms. The third-order valence-corrected chi connectivity index (χ3v) is 3.88. The quantitative estimate of drug-likeness (QED) is 0.687. The van der Waals surface area contributed by atoms with Gasteiger partial charge in [0, 0.05) is 7.11 Å². The first-order valence-electron chi connectivity index (χ1n) is 7.37. The van der Waals surface area contributed by atoms with E-state index in [4.69, 9.17) is 14.2 Å². The van der Waals surface area contributed by atoms with Crippen LogP contribution >= 0.6 is 0 Å². The molecule has 0 N–H and O–H groups in total. The van der Waals surface area contributed by atoms with Crippen LogP contribution in [-0.2, 0) is 14.2 Å². The molecule has 0 aliphatic carbocycles. The van der Waals surface area contributed by atoms with Crippen molar-refractivity contribution in [3.63, 3.8) is 0 Å². The van der Waals surface area contributed by atoms with Gasteiger partial charge in [-0.15, -0.1) is 0 Å². The molecule has 0 aromatic carbocycles. The van der Waals surface area contributed by atoms with Crippen molar-refractivity contribution in [2.24, 2.45) is 11.8 Å². The number of hydrogen-bond donors (Lipinski definition) is 0. The average molecular weight is 270 g/mol. The second-order valence-electron chi connectivity index (χ2n) is 6.24. The van der Waals surface area contributed by atoms with Crippen LogP contribution in [0.3, 0.4) is 0 Å². The summed E-state index contributed by atoms with van der Waals surface area (Å²) in [5.74, 6) is 0.653. The molecule has 0 bridgehead atoms. The molecule has 4 atom stereocenters. The highest BCUT2D eigenvalue weighted by atomic mass is 16.8. The Morgan fingerprint density at radius 1 is 1.16 bits per heavy atom. The largest absolute Gasteiger partial charge is 0.375 e. The van der Waals surface area contributed by atoms with Crippen molar-refractivity contribution in [2.45, 2.75) is 72.1 Å². The van der Waals surface area contributed by atoms with Gasteiger partial charge in [0.2, 0.25) is 0 Å². The van der Waals surface area contributed by atoms with E-state index in [2.05, 4.69) is 39.8 Å². The highest BCUT2D eigenvalue weighted by molar-refractivity contribution is 5.00. The minimum absolute atomic E-state index is 0.0272. The normalized spacial score (nSPS) is 30.1. The molecule has 1 fully saturated rings. The fourth-order valence-electron chi connectivity index (χ4n) is 2.29. The van der Waals surface area contributed by atoms with Gasteiger partial charge in [0.1, 0.15) is 12.2 Å². The number of hydrogen-bond acceptors (Lipinski definition) is 3. The van der Waals surface area contributed by atoms with Gasteiger partial charge in [-0.1, -0.05) is 39.8 Å². The fraction of sp³-hybridized carbons (Fsp3) is 0.875. The van der Waals surface area contributed by atoms with E-state index in [1.165, 1.54) is 0 Å². The topological polar surface area (TPSA) is 27.7 Å². The summed E-state index contributed by atoms with van der Waals surface area (Å²) in [5.41, 5.74) is 0. The summed E-state index contributed by atoms with van der Waals surface area (Å²) < 4.78 is 17.5. The summed E-state index contributed by atoms with van der Waals surface area (Å²) in [6, 6.07) is 0. The predicted octanol–water partition coefficient (Wildman–Crippen LogP) is 3.78. The number of allylic oxidation sites excluding steroid dienone is 1. The van der Waals surface area contributed by atoms with Gasteiger partial charge >= 0.3 is 0 Å². The second kappa shape index (κ2) is 6.87. The van der Waals surface area contributed by atoms with Crippen molar-refractivity contribution in [3.05, 3.63) is 12.2 Å². The third-order valence-electron chi connectivity index (χ3n) is 3.88. The van der Waals surface area contributed by atoms with Crippen LogP contribution in [0.4, 0.5) is 0 Å². The molecule has 0 radical (unpaired) electrons. The van der Waals surface area contributed by atoms with Crippen LogP contribution in [0.1, 0.15) is 48.0 Å². The van der Waals surface area contributed by atoms with Gasteiger partial charge in [-0.25, -0.2) is 0 Å². The maximum atomic E-state index is 6.00. The Bertz CT molecular complexity index is 296. The fourth-order valence-corrected chi connectivity index (χ4v) is 2.29. The zero-order valence-corrected chi connectivity index (χ0v) is 13.5. The van der Waals surface area contributed by atoms with E-state index in [1.807, 2.05) is 13.8 Å². The Balaban J connectivity index is 2.74. The summed E-state index contributed by atoms with van der Waals surface area (Å²) in [5, 5.41) is 0. The van der Waals surface area contributed by atoms with Crippen molar-refractivity contribution >= 4 is 0 Å². The molecular formula is C16H30O3. The number of rotatable bonds is 6. The lowest BCUT2D eigenvalue weighted by molar-refractivity contribution is -0.154. The highest BCUT2D eigenvalue weighted by Crippen LogP contribution is 2.32. The standard InChI is InChI=1S/C16H30O3/c1-8-13-15(19-16(5,6)18-13)14(17-7)10-9-12(4)11(2)3/h9-15H,8H2,1-7H3/b10-9-/t12-,13+,14?,15+/m1/s1. The van der Waals surface area contributed by atoms with E-state index in [0.717, 1.165) is 6.42 Å². The lowest BCUT2D eigenvalue weighted by Crippen LogP contribution is -2.35. The molecule has 0 aromatic rings. The first-order valence-corrected chi connectivity index (χ1v) is 7.37. The summed E-state index contributed by atoms with van der Waals surface area (Å²) in [7, 11) is 1.73. The van der Waals surface area contributed by atoms with E-state index in [-0.39, 0.29) is 18.3 Å². The smallest absolute Gasteiger partial charge is 0.163 e. The molecule has 1 heterocycles. The van der Waals surface area contributed by atoms with E-state index in [0.29, 0.717) is 11.8 Å². The molecule has 0 saturated carbocycles. The molecule has 0 aromatic heterocycles. The molecule has 1 unspecified atom stereocenters. The Morgan fingerprint density at radius 2 is 1.79 bits per heavy atom. The Labute approximate surface area is 118 Å². The first-order chi connectivity index (χ1) is 8.80. The van der Waals surface area contributed by atoms with E-state index >= 15 is 0 Å². The predicted molar refractivity (Wildman–Crippen MR) is 78.1 cm³/mol. The molecule has 1 aliphatic rings. The molecule has 112 valence electrons. The van der Waals surface area contributed by atoms with Crippen molar-refractivity contribution in [1.82, 2.24) is 0 Å². The molecule has 3 nitrogen and oxygen atoms in total. The van der Waals surface area contributed by atoms with Gasteiger partial charge in [-0.2, -0.15) is 0 Å². The lowest BCUT2D eigenvalue weighted by atomic mass is 9.96. The van der Waals surface area contributed by atoms with Gasteiger partial charge in [0.25, 0.3) is 0 Å². The molecule has 3 heteroatoms. The third kappa shape index (κ3) is 4.59. The SMILES string of the molecule is CC[C@@H]1OC(C)(C)O[C@@H]1C(/C=C\[C@@H](C)C(C)C)OC. The molecule has 1 aliphatic heterocycles. The summed E-state index contributed by atoms with van der Waals surface area (Å²) >= 11 is 0. The van der Waals surface area contributed by atoms with Gasteiger partial charge in [-0.3, -0.25) is 0 Å². The Hall–Kier alpha value is -0.380. The monoisotopic (exact) mass is 270 g/mol. The summed E-state index contributed by atoms with van der Waals surface area (Å²) in [6.45, 7) is 12.7. The lowest BCUT2D eigenvalue weighted by Gasteiger charge is -2.23. The maximum Gasteiger partial charge on any atom is 0.163 e. The zero-order valence-electron chi connectivity index (χ0n) is 13.5. The Morgan fingerprint density at radius 3 is 2.26 bits per heavy atom. The summed E-state index contributed by atoms with van der Waals surface area (Å²) in [6.07, 6.45) is 5.30. The van der Waals surface area contributed by atoms with Crippen molar-refractivity contribution in [3.8, 4) is 0 Å². The van der Waals surface area contributed by atoms with E-state index in [1.54, 1.807) is 7.11 Å². The zero-order chi connectivity index (χ0) is 14.6. The van der Waals surface area contributed by atoms with E-state index in [9.17, 15) is 0 Å². The van der Waals surface area contributed by atoms with Gasteiger partial charge in [0.15, 0.2) is 5.79 Å². The second-order valence-corrected chi connectivity index (χ2v) is 6.24. The van der Waals surface area contributed by atoms with Crippen molar-refractivity contribution < 1.29 is 14.2 Å². The minimum atomic E-state index is -0.514. The Kier molecular flexibility index (Phi) is 6.03. The molecular weight excluding hydrogens is 240 g/mol. The van der Waals surface area contributed by atoms with E-state index < -0.39 is 5.79 Å². The van der Waals surface area contributed by atoms with Crippen molar-refractivity contribution in [1.29, 1.82) is 0 Å². The molecule has 19 heavy (non-hydrogen) atoms. The van der Waals surface area contributed by atoms with Crippen LogP contribution in [0, 0.1) is 11.8 Å². The first kappa shape index (κ1) is 16.7. The number of ether oxygens (including phenoxy) is 3. The van der Waals surface area contributed by atoms with Crippen LogP contribution in [0.5, 0.6) is 0 Å². The van der Waals surface area contributed by atoms with Gasteiger partial charge in [-0.05, 0) is 32.1 Å². The average Bonchev–Trinajstić information content (AvgIpc) is 2.65. The van der Waals surface area contributed by atoms with Crippen LogP contribution < -0.4 is 0 Å². The van der Waals surface area contributed by atoms with Crippen LogP contribution in [-0.4, -0.2) is 31.2 Å². The highest BCUT2D eigenvalue weighted by Gasteiger charge is 2.43. The molecule has 1 rings (SSSR count). The summed E-state index contributed by atoms with van der Waals surface area (Å²) in [4.78, 5) is 0. The van der Waals surface area contributed by atoms with Gasteiger partial charge in [0.05, 0.1) is 6.10 Å².